The largest absolute Gasteiger partial charge is 0.439 e. The molecule has 0 aliphatic carbocycles. The molecule has 0 saturated heterocycles. The second kappa shape index (κ2) is 12.6. The predicted octanol–water partition coefficient (Wildman–Crippen LogP) is 5.41. The maximum Gasteiger partial charge on any atom is 0.222 e. The van der Waals surface area contributed by atoms with Gasteiger partial charge in [0.25, 0.3) is 0 Å². The molecular weight excluding hydrogens is 433 g/mol. The van der Waals surface area contributed by atoms with Crippen molar-refractivity contribution in [3.8, 4) is 22.9 Å². The third-order valence-electron chi connectivity index (χ3n) is 5.63. The minimum atomic E-state index is -0.608. The molecule has 3 aromatic rings. The van der Waals surface area contributed by atoms with Gasteiger partial charge in [0.15, 0.2) is 0 Å². The molecule has 0 unspecified atom stereocenters. The number of halogens is 1. The van der Waals surface area contributed by atoms with Gasteiger partial charge in [-0.2, -0.15) is 5.10 Å². The zero-order valence-corrected chi connectivity index (χ0v) is 20.6. The Labute approximate surface area is 201 Å². The molecular formula is C27H36FN3O3. The number of hydrogen-bond acceptors (Lipinski definition) is 5. The summed E-state index contributed by atoms with van der Waals surface area (Å²) in [6.45, 7) is 8.21. The summed E-state index contributed by atoms with van der Waals surface area (Å²) in [6, 6.07) is 16.2. The normalized spacial score (nSPS) is 12.5. The lowest BCUT2D eigenvalue weighted by atomic mass is 10.1. The molecule has 1 heterocycles. The molecule has 0 aliphatic rings. The van der Waals surface area contributed by atoms with E-state index in [-0.39, 0.29) is 11.9 Å². The predicted molar refractivity (Wildman–Crippen MR) is 132 cm³/mol. The molecule has 0 saturated carbocycles. The van der Waals surface area contributed by atoms with Crippen molar-refractivity contribution in [3.05, 3.63) is 66.0 Å². The molecule has 0 bridgehead atoms. The number of aryl methyl sites for hydroxylation is 1. The van der Waals surface area contributed by atoms with Crippen LogP contribution in [0.2, 0.25) is 0 Å². The highest BCUT2D eigenvalue weighted by molar-refractivity contribution is 5.65. The first-order valence-corrected chi connectivity index (χ1v) is 11.9. The summed E-state index contributed by atoms with van der Waals surface area (Å²) in [5.41, 5.74) is 2.65. The molecule has 6 nitrogen and oxygen atoms in total. The number of unbranched alkanes of at least 4 members (excludes halogenated alkanes) is 1. The highest BCUT2D eigenvalue weighted by Gasteiger charge is 2.24. The summed E-state index contributed by atoms with van der Waals surface area (Å²) >= 11 is 0. The van der Waals surface area contributed by atoms with E-state index in [9.17, 15) is 9.50 Å². The Bertz CT molecular complexity index is 1020. The average molecular weight is 470 g/mol. The lowest BCUT2D eigenvalue weighted by Gasteiger charge is -2.29. The van der Waals surface area contributed by atoms with Gasteiger partial charge >= 0.3 is 0 Å². The summed E-state index contributed by atoms with van der Waals surface area (Å²) in [7, 11) is 1.82. The number of hydrogen-bond donors (Lipinski definition) is 1. The van der Waals surface area contributed by atoms with E-state index in [1.54, 1.807) is 16.8 Å². The van der Waals surface area contributed by atoms with E-state index in [0.29, 0.717) is 37.9 Å². The Morgan fingerprint density at radius 3 is 2.56 bits per heavy atom. The smallest absolute Gasteiger partial charge is 0.222 e. The fourth-order valence-corrected chi connectivity index (χ4v) is 3.74. The molecule has 7 heteroatoms. The molecule has 0 amide bonds. The number of aliphatic hydroxyl groups is 1. The molecule has 0 spiro atoms. The first kappa shape index (κ1) is 25.9. The van der Waals surface area contributed by atoms with Crippen molar-refractivity contribution in [2.24, 2.45) is 7.05 Å². The van der Waals surface area contributed by atoms with Crippen LogP contribution < -0.4 is 4.74 Å². The highest BCUT2D eigenvalue weighted by Crippen LogP contribution is 2.34. The number of rotatable bonds is 13. The first-order valence-electron chi connectivity index (χ1n) is 11.9. The summed E-state index contributed by atoms with van der Waals surface area (Å²) in [5, 5.41) is 15.4. The fraction of sp³-hybridized carbons (Fsp3) is 0.444. The summed E-state index contributed by atoms with van der Waals surface area (Å²) in [4.78, 5) is 2.18. The Morgan fingerprint density at radius 1 is 1.12 bits per heavy atom. The zero-order chi connectivity index (χ0) is 24.5. The summed E-state index contributed by atoms with van der Waals surface area (Å²) in [6.07, 6.45) is 1.44. The molecule has 0 aliphatic heterocycles. The van der Waals surface area contributed by atoms with Gasteiger partial charge in [-0.15, -0.1) is 0 Å². The Morgan fingerprint density at radius 2 is 1.88 bits per heavy atom. The van der Waals surface area contributed by atoms with E-state index in [2.05, 4.69) is 25.7 Å². The molecule has 0 fully saturated rings. The van der Waals surface area contributed by atoms with Crippen LogP contribution in [0, 0.1) is 5.82 Å². The Kier molecular flexibility index (Phi) is 9.62. The van der Waals surface area contributed by atoms with Gasteiger partial charge < -0.3 is 14.6 Å². The minimum Gasteiger partial charge on any atom is -0.439 e. The first-order chi connectivity index (χ1) is 16.4. The standard InChI is InChI=1S/C27H36FN3O3/c1-5-6-15-33-19-23(32)17-31(20(2)3)18-25-26(21-11-8-7-9-12-21)29-30(4)27(25)34-24-14-10-13-22(28)16-24/h7-14,16,20,23,32H,5-6,15,17-19H2,1-4H3/t23-/m1/s1. The number of nitrogens with zero attached hydrogens (tertiary/aromatic N) is 3. The van der Waals surface area contributed by atoms with E-state index < -0.39 is 6.10 Å². The molecule has 3 rings (SSSR count). The van der Waals surface area contributed by atoms with Crippen molar-refractivity contribution >= 4 is 0 Å². The van der Waals surface area contributed by atoms with Crippen molar-refractivity contribution < 1.29 is 19.0 Å². The topological polar surface area (TPSA) is 59.8 Å². The lowest BCUT2D eigenvalue weighted by Crippen LogP contribution is -2.39. The monoisotopic (exact) mass is 469 g/mol. The van der Waals surface area contributed by atoms with Gasteiger partial charge in [0.05, 0.1) is 18.3 Å². The van der Waals surface area contributed by atoms with Crippen LogP contribution in [0.25, 0.3) is 11.3 Å². The second-order valence-electron chi connectivity index (χ2n) is 8.79. The van der Waals surface area contributed by atoms with E-state index in [4.69, 9.17) is 14.6 Å². The number of aliphatic hydroxyl groups excluding tert-OH is 1. The third kappa shape index (κ3) is 7.13. The lowest BCUT2D eigenvalue weighted by molar-refractivity contribution is 0.00848. The van der Waals surface area contributed by atoms with Crippen LogP contribution in [0.15, 0.2) is 54.6 Å². The van der Waals surface area contributed by atoms with Crippen LogP contribution in [0.3, 0.4) is 0 Å². The van der Waals surface area contributed by atoms with E-state index in [1.807, 2.05) is 37.4 Å². The van der Waals surface area contributed by atoms with E-state index in [1.165, 1.54) is 12.1 Å². The molecule has 1 aromatic heterocycles. The van der Waals surface area contributed by atoms with E-state index >= 15 is 0 Å². The Balaban J connectivity index is 1.89. The van der Waals surface area contributed by atoms with Crippen molar-refractivity contribution in [2.75, 3.05) is 19.8 Å². The van der Waals surface area contributed by atoms with Crippen molar-refractivity contribution in [1.82, 2.24) is 14.7 Å². The number of ether oxygens (including phenoxy) is 2. The maximum atomic E-state index is 13.8. The Hall–Kier alpha value is -2.74. The highest BCUT2D eigenvalue weighted by atomic mass is 19.1. The summed E-state index contributed by atoms with van der Waals surface area (Å²) in [5.74, 6) is 0.590. The van der Waals surface area contributed by atoms with Gasteiger partial charge in [0.2, 0.25) is 5.88 Å². The van der Waals surface area contributed by atoms with Crippen LogP contribution in [0.5, 0.6) is 11.6 Å². The van der Waals surface area contributed by atoms with Gasteiger partial charge in [0, 0.05) is 44.4 Å². The van der Waals surface area contributed by atoms with Crippen molar-refractivity contribution in [3.63, 3.8) is 0 Å². The second-order valence-corrected chi connectivity index (χ2v) is 8.79. The summed E-state index contributed by atoms with van der Waals surface area (Å²) < 4.78 is 27.3. The zero-order valence-electron chi connectivity index (χ0n) is 20.6. The molecule has 1 N–H and O–H groups in total. The van der Waals surface area contributed by atoms with Crippen molar-refractivity contribution in [1.29, 1.82) is 0 Å². The van der Waals surface area contributed by atoms with Crippen LogP contribution >= 0.6 is 0 Å². The molecule has 184 valence electrons. The van der Waals surface area contributed by atoms with Gasteiger partial charge in [-0.3, -0.25) is 4.90 Å². The van der Waals surface area contributed by atoms with Crippen molar-refractivity contribution in [2.45, 2.75) is 52.3 Å². The van der Waals surface area contributed by atoms with Crippen LogP contribution in [-0.4, -0.2) is 51.7 Å². The quantitative estimate of drug-likeness (QED) is 0.339. The van der Waals surface area contributed by atoms with Gasteiger partial charge in [-0.05, 0) is 32.4 Å². The fourth-order valence-electron chi connectivity index (χ4n) is 3.74. The molecule has 34 heavy (non-hydrogen) atoms. The van der Waals surface area contributed by atoms with Crippen LogP contribution in [-0.2, 0) is 18.3 Å². The van der Waals surface area contributed by atoms with Gasteiger partial charge in [-0.1, -0.05) is 49.7 Å². The van der Waals surface area contributed by atoms with Gasteiger partial charge in [0.1, 0.15) is 17.3 Å². The van der Waals surface area contributed by atoms with Crippen LogP contribution in [0.4, 0.5) is 4.39 Å². The number of benzene rings is 2. The third-order valence-corrected chi connectivity index (χ3v) is 5.63. The maximum absolute atomic E-state index is 13.8. The molecule has 0 radical (unpaired) electrons. The van der Waals surface area contributed by atoms with Gasteiger partial charge in [-0.25, -0.2) is 9.07 Å². The molecule has 2 aromatic carbocycles. The molecule has 1 atom stereocenters. The van der Waals surface area contributed by atoms with E-state index in [0.717, 1.165) is 29.7 Å². The SMILES string of the molecule is CCCCOC[C@H](O)CN(Cc1c(-c2ccccc2)nn(C)c1Oc1cccc(F)c1)C(C)C. The average Bonchev–Trinajstić information content (AvgIpc) is 3.12. The minimum absolute atomic E-state index is 0.163. The van der Waals surface area contributed by atoms with Crippen LogP contribution in [0.1, 0.15) is 39.2 Å². The number of aromatic nitrogens is 2.